The third-order valence-electron chi connectivity index (χ3n) is 5.04. The van der Waals surface area contributed by atoms with Crippen LogP contribution in [0.1, 0.15) is 51.0 Å². The van der Waals surface area contributed by atoms with Crippen LogP contribution in [0, 0.1) is 16.9 Å². The van der Waals surface area contributed by atoms with Crippen LogP contribution in [0.25, 0.3) is 0 Å². The zero-order valence-corrected chi connectivity index (χ0v) is 18.9. The number of amides is 1. The summed E-state index contributed by atoms with van der Waals surface area (Å²) in [6, 6.07) is 0.0664. The highest BCUT2D eigenvalue weighted by Gasteiger charge is 2.52. The summed E-state index contributed by atoms with van der Waals surface area (Å²) >= 11 is 0. The van der Waals surface area contributed by atoms with E-state index < -0.39 is 13.7 Å². The molecule has 0 saturated carbocycles. The highest BCUT2D eigenvalue weighted by molar-refractivity contribution is 6.83. The maximum Gasteiger partial charge on any atom is 0.410 e. The summed E-state index contributed by atoms with van der Waals surface area (Å²) in [5.41, 5.74) is 3.71. The van der Waals surface area contributed by atoms with E-state index in [1.54, 1.807) is 0 Å². The van der Waals surface area contributed by atoms with Gasteiger partial charge in [0.15, 0.2) is 0 Å². The van der Waals surface area contributed by atoms with Gasteiger partial charge in [0, 0.05) is 37.4 Å². The summed E-state index contributed by atoms with van der Waals surface area (Å²) in [4.78, 5) is 23.5. The summed E-state index contributed by atoms with van der Waals surface area (Å²) in [5, 5.41) is 3.47. The smallest absolute Gasteiger partial charge is 0.410 e. The maximum absolute atomic E-state index is 12.5. The molecule has 0 aromatic carbocycles. The first-order valence-electron chi connectivity index (χ1n) is 10.0. The van der Waals surface area contributed by atoms with Gasteiger partial charge in [0.25, 0.3) is 0 Å². The van der Waals surface area contributed by atoms with E-state index in [0.29, 0.717) is 6.54 Å². The fourth-order valence-electron chi connectivity index (χ4n) is 3.69. The quantitative estimate of drug-likeness (QED) is 0.578. The van der Waals surface area contributed by atoms with Gasteiger partial charge in [-0.15, -0.1) is 5.54 Å². The molecule has 1 aromatic rings. The Hall–Kier alpha value is -1.91. The Balaban J connectivity index is 1.70. The topological polar surface area (TPSA) is 67.3 Å². The van der Waals surface area contributed by atoms with Crippen LogP contribution < -0.4 is 5.32 Å². The summed E-state index contributed by atoms with van der Waals surface area (Å²) in [7, 11) is -1.42. The summed E-state index contributed by atoms with van der Waals surface area (Å²) in [6.45, 7) is 14.7. The van der Waals surface area contributed by atoms with Crippen LogP contribution in [-0.2, 0) is 4.74 Å². The minimum absolute atomic E-state index is 0.0132. The minimum atomic E-state index is -1.42. The van der Waals surface area contributed by atoms with E-state index >= 15 is 0 Å². The molecule has 1 N–H and O–H groups in total. The third kappa shape index (κ3) is 4.92. The number of carbonyl (C=O) groups excluding carboxylic acids is 1. The molecule has 0 radical (unpaired) electrons. The van der Waals surface area contributed by atoms with Crippen LogP contribution in [0.4, 0.5) is 4.79 Å². The second kappa shape index (κ2) is 7.49. The lowest BCUT2D eigenvalue weighted by molar-refractivity contribution is -0.0308. The molecule has 2 atom stereocenters. The number of nitrogens with one attached hydrogen (secondary N) is 1. The predicted molar refractivity (Wildman–Crippen MR) is 112 cm³/mol. The van der Waals surface area contributed by atoms with Crippen LogP contribution in [-0.4, -0.2) is 54.3 Å². The van der Waals surface area contributed by atoms with E-state index in [-0.39, 0.29) is 17.6 Å². The van der Waals surface area contributed by atoms with Gasteiger partial charge in [-0.25, -0.2) is 14.8 Å². The van der Waals surface area contributed by atoms with Gasteiger partial charge in [-0.2, -0.15) is 0 Å². The number of nitrogens with zero attached hydrogens (tertiary/aromatic N) is 3. The number of ether oxygens (including phenoxy) is 1. The van der Waals surface area contributed by atoms with Gasteiger partial charge in [-0.1, -0.05) is 25.6 Å². The van der Waals surface area contributed by atoms with Crippen molar-refractivity contribution in [1.82, 2.24) is 20.2 Å². The Kier molecular flexibility index (Phi) is 5.57. The standard InChI is InChI=1S/C21H32N4O2Si/c1-20(2,3)27-19(26)25-10-7-9-21(15-25)14-24-17(21)18-22-12-16(13-23-18)8-11-28(4,5)6/h12-13,17,24H,7,9-10,14-15H2,1-6H3. The normalized spacial score (nSPS) is 24.9. The highest BCUT2D eigenvalue weighted by Crippen LogP contribution is 2.46. The molecule has 2 aliphatic rings. The molecule has 3 heterocycles. The Morgan fingerprint density at radius 2 is 2.00 bits per heavy atom. The first kappa shape index (κ1) is 20.8. The molecule has 2 saturated heterocycles. The van der Waals surface area contributed by atoms with Crippen molar-refractivity contribution in [3.05, 3.63) is 23.8 Å². The number of carbonyl (C=O) groups is 1. The van der Waals surface area contributed by atoms with Gasteiger partial charge in [-0.05, 0) is 33.6 Å². The van der Waals surface area contributed by atoms with Crippen LogP contribution in [0.5, 0.6) is 0 Å². The molecule has 28 heavy (non-hydrogen) atoms. The number of likely N-dealkylation sites (tertiary alicyclic amines) is 1. The Morgan fingerprint density at radius 3 is 2.54 bits per heavy atom. The van der Waals surface area contributed by atoms with Crippen LogP contribution >= 0.6 is 0 Å². The summed E-state index contributed by atoms with van der Waals surface area (Å²) < 4.78 is 5.57. The summed E-state index contributed by atoms with van der Waals surface area (Å²) in [5.74, 6) is 3.99. The SMILES string of the molecule is CC(C)(C)OC(=O)N1CCCC2(CNC2c2ncc(C#C[Si](C)(C)C)cn2)C1. The number of hydrogen-bond acceptors (Lipinski definition) is 5. The van der Waals surface area contributed by atoms with Gasteiger partial charge < -0.3 is 15.0 Å². The number of hydrogen-bond donors (Lipinski definition) is 1. The average Bonchev–Trinajstić information content (AvgIpc) is 2.58. The van der Waals surface area contributed by atoms with E-state index in [2.05, 4.69) is 46.4 Å². The second-order valence-electron chi connectivity index (χ2n) is 10.0. The largest absolute Gasteiger partial charge is 0.444 e. The lowest BCUT2D eigenvalue weighted by Crippen LogP contribution is -2.64. The van der Waals surface area contributed by atoms with Crippen LogP contribution in [0.3, 0.4) is 0 Å². The molecular weight excluding hydrogens is 368 g/mol. The molecule has 2 fully saturated rings. The highest BCUT2D eigenvalue weighted by atomic mass is 28.3. The Bertz CT molecular complexity index is 786. The van der Waals surface area contributed by atoms with Gasteiger partial charge >= 0.3 is 6.09 Å². The Labute approximate surface area is 169 Å². The molecule has 0 aliphatic carbocycles. The van der Waals surface area contributed by atoms with E-state index in [1.165, 1.54) is 0 Å². The number of rotatable bonds is 1. The van der Waals surface area contributed by atoms with Crippen molar-refractivity contribution in [2.45, 2.75) is 64.9 Å². The molecule has 152 valence electrons. The number of aromatic nitrogens is 2. The fraction of sp³-hybridized carbons (Fsp3) is 0.667. The molecule has 0 bridgehead atoms. The first-order valence-corrected chi connectivity index (χ1v) is 13.5. The van der Waals surface area contributed by atoms with E-state index in [0.717, 1.165) is 37.3 Å². The minimum Gasteiger partial charge on any atom is -0.444 e. The summed E-state index contributed by atoms with van der Waals surface area (Å²) in [6.07, 6.45) is 5.44. The van der Waals surface area contributed by atoms with Gasteiger partial charge in [0.05, 0.1) is 11.6 Å². The van der Waals surface area contributed by atoms with Gasteiger partial charge in [-0.3, -0.25) is 0 Å². The van der Waals surface area contributed by atoms with Crippen molar-refractivity contribution < 1.29 is 9.53 Å². The fourth-order valence-corrected chi connectivity index (χ4v) is 4.21. The molecule has 2 unspecified atom stereocenters. The van der Waals surface area contributed by atoms with E-state index in [9.17, 15) is 4.79 Å². The lowest BCUT2D eigenvalue weighted by atomic mass is 9.67. The monoisotopic (exact) mass is 400 g/mol. The van der Waals surface area contributed by atoms with Gasteiger partial charge in [0.1, 0.15) is 19.5 Å². The molecule has 3 rings (SSSR count). The molecule has 1 amide bonds. The Morgan fingerprint density at radius 1 is 1.32 bits per heavy atom. The second-order valence-corrected chi connectivity index (χ2v) is 14.8. The molecule has 7 heteroatoms. The average molecular weight is 401 g/mol. The van der Waals surface area contributed by atoms with Crippen molar-refractivity contribution in [3.63, 3.8) is 0 Å². The van der Waals surface area contributed by atoms with Gasteiger partial charge in [0.2, 0.25) is 0 Å². The molecule has 6 nitrogen and oxygen atoms in total. The third-order valence-corrected chi connectivity index (χ3v) is 5.92. The van der Waals surface area contributed by atoms with Crippen molar-refractivity contribution >= 4 is 14.2 Å². The van der Waals surface area contributed by atoms with E-state index in [1.807, 2.05) is 38.1 Å². The first-order chi connectivity index (χ1) is 13.0. The van der Waals surface area contributed by atoms with Crippen molar-refractivity contribution in [3.8, 4) is 11.5 Å². The molecule has 2 aliphatic heterocycles. The predicted octanol–water partition coefficient (Wildman–Crippen LogP) is 3.37. The van der Waals surface area contributed by atoms with E-state index in [4.69, 9.17) is 4.74 Å². The lowest BCUT2D eigenvalue weighted by Gasteiger charge is -2.54. The molecule has 1 aromatic heterocycles. The van der Waals surface area contributed by atoms with Crippen molar-refractivity contribution in [2.24, 2.45) is 5.41 Å². The van der Waals surface area contributed by atoms with Crippen LogP contribution in [0.15, 0.2) is 12.4 Å². The molecule has 1 spiro atoms. The molecular formula is C21H32N4O2Si. The van der Waals surface area contributed by atoms with Crippen molar-refractivity contribution in [1.29, 1.82) is 0 Å². The zero-order chi connectivity index (χ0) is 20.6. The number of piperidine rings is 1. The maximum atomic E-state index is 12.5. The van der Waals surface area contributed by atoms with Crippen molar-refractivity contribution in [2.75, 3.05) is 19.6 Å². The zero-order valence-electron chi connectivity index (χ0n) is 17.9. The van der Waals surface area contributed by atoms with Crippen LogP contribution in [0.2, 0.25) is 19.6 Å².